The minimum Gasteiger partial charge on any atom is -0.413 e. The molecule has 118 heavy (non-hydrogen) atoms. The fourth-order valence-electron chi connectivity index (χ4n) is 19.9. The molecule has 12 fully saturated rings. The molecule has 0 spiro atoms. The van der Waals surface area contributed by atoms with E-state index in [1.165, 1.54) is 25.7 Å². The van der Waals surface area contributed by atoms with Gasteiger partial charge in [-0.2, -0.15) is 0 Å². The second-order valence-electron chi connectivity index (χ2n) is 37.9. The molecule has 7 saturated heterocycles. The Kier molecular flexibility index (Phi) is 23.5. The first kappa shape index (κ1) is 83.4. The van der Waals surface area contributed by atoms with Crippen LogP contribution in [0.4, 0.5) is 0 Å². The molecule has 8 aromatic rings. The van der Waals surface area contributed by atoms with Crippen molar-refractivity contribution in [2.75, 3.05) is 0 Å². The van der Waals surface area contributed by atoms with Crippen LogP contribution in [-0.2, 0) is 71.1 Å². The molecule has 18 atom stereocenters. The summed E-state index contributed by atoms with van der Waals surface area (Å²) in [6.07, 6.45) is 20.3. The lowest BCUT2D eigenvalue weighted by molar-refractivity contribution is 0.0697. The van der Waals surface area contributed by atoms with Gasteiger partial charge in [0.15, 0.2) is 33.3 Å². The van der Waals surface area contributed by atoms with Gasteiger partial charge in [0, 0.05) is 36.3 Å². The molecule has 7 heterocycles. The van der Waals surface area contributed by atoms with Crippen LogP contribution in [0.1, 0.15) is 109 Å². The van der Waals surface area contributed by atoms with Crippen LogP contribution < -0.4 is 36.3 Å². The van der Waals surface area contributed by atoms with Crippen molar-refractivity contribution in [1.82, 2.24) is 0 Å². The zero-order valence-corrected chi connectivity index (χ0v) is 81.5. The molecule has 4 bridgehead atoms. The predicted molar refractivity (Wildman–Crippen MR) is 485 cm³/mol. The average molecular weight is 1800 g/mol. The Morgan fingerprint density at radius 2 is 0.534 bits per heavy atom. The van der Waals surface area contributed by atoms with Gasteiger partial charge in [0.05, 0.1) is 41.5 Å². The lowest BCUT2D eigenvalue weighted by Gasteiger charge is -2.59. The van der Waals surface area contributed by atoms with E-state index in [2.05, 4.69) is 162 Å². The monoisotopic (exact) mass is 1800 g/mol. The number of benzene rings is 8. The normalized spacial score (nSPS) is 36.8. The van der Waals surface area contributed by atoms with E-state index in [0.29, 0.717) is 101 Å². The Labute approximate surface area is 713 Å². The van der Waals surface area contributed by atoms with E-state index in [4.69, 9.17) is 30.7 Å². The maximum atomic E-state index is 9.42. The fraction of sp³-hybridized carbons (Fsp3) is 0.461. The largest absolute Gasteiger partial charge is 0.536 e. The predicted octanol–water partition coefficient (Wildman–Crippen LogP) is 16.3. The molecule has 0 amide bonds. The molecule has 5 saturated carbocycles. The molecule has 18 unspecified atom stereocenters. The summed E-state index contributed by atoms with van der Waals surface area (Å²) >= 11 is 0. The van der Waals surface area contributed by atoms with Gasteiger partial charge in [0.1, 0.15) is 10.9 Å². The van der Waals surface area contributed by atoms with Crippen LogP contribution in [0.2, 0.25) is 76.6 Å². The van der Waals surface area contributed by atoms with Crippen LogP contribution >= 0.6 is 10.9 Å². The summed E-state index contributed by atoms with van der Waals surface area (Å²) in [6, 6.07) is 85.4. The highest BCUT2D eigenvalue weighted by Gasteiger charge is 2.80. The van der Waals surface area contributed by atoms with Crippen LogP contribution in [0.15, 0.2) is 248 Å². The molecule has 626 valence electrons. The summed E-state index contributed by atoms with van der Waals surface area (Å²) in [5.41, 5.74) is 0. The number of hydrogen-bond acceptors (Lipinski definition) is 17. The molecule has 0 aromatic heterocycles. The zero-order chi connectivity index (χ0) is 80.7. The lowest BCUT2D eigenvalue weighted by Crippen LogP contribution is -2.87. The third-order valence-corrected chi connectivity index (χ3v) is 74.3. The Morgan fingerprint density at radius 3 is 0.864 bits per heavy atom. The third kappa shape index (κ3) is 18.0. The van der Waals surface area contributed by atoms with Crippen LogP contribution in [0, 0.1) is 35.5 Å². The molecule has 12 aliphatic rings. The molecule has 17 nitrogen and oxygen atoms in total. The second-order valence-corrected chi connectivity index (χ2v) is 78.2. The van der Waals surface area contributed by atoms with Crippen molar-refractivity contribution >= 4 is 142 Å². The molecule has 5 aliphatic carbocycles. The van der Waals surface area contributed by atoms with Gasteiger partial charge in [-0.1, -0.05) is 263 Å². The van der Waals surface area contributed by atoms with Crippen LogP contribution in [0.25, 0.3) is 0 Å². The molecular weight excluding hydrogens is 1680 g/mol. The number of fused-ring (bicyclic) bond motifs is 8. The van der Waals surface area contributed by atoms with Gasteiger partial charge in [-0.05, 0) is 201 Å². The van der Waals surface area contributed by atoms with Crippen LogP contribution in [0.5, 0.6) is 0 Å². The molecule has 0 radical (unpaired) electrons. The topological polar surface area (TPSA) is 167 Å². The van der Waals surface area contributed by atoms with Gasteiger partial charge < -0.3 is 59.5 Å². The standard InChI is InChI=1S/C89H118O17SSi11/c1-108(2,61-57-70-49-53-74-69-75(74)65-70)96-112(77-35-19-10-20-36-77)93-107(76-33-17-9-18-34-76)94-113(78-37-21-11-22-38-78,97-109(3,4)62-58-71-50-54-84-87(66-71)90-84)101-117(100-112,82-45-29-15-30-46-82)106-118(83-47-31-16-32-48-83)104-115(80-41-25-13-26-42-80,98-110(5,6)63-59-72-51-55-85-88(67-72)91-85)102-114(95-107,79-39-23-12-24-40-79)103-116(105-118,81-43-27-14-28-44-81)99-111(7,8)64-60-73-52-56-86-89(68-73)92-86/h9-48,70-75,84-89H,49-69H2,1-8H3. The van der Waals surface area contributed by atoms with Crippen molar-refractivity contribution in [3.8, 4) is 0 Å². The smallest absolute Gasteiger partial charge is 0.413 e. The van der Waals surface area contributed by atoms with Gasteiger partial charge in [0.25, 0.3) is 0 Å². The quantitative estimate of drug-likeness (QED) is 0.0335. The van der Waals surface area contributed by atoms with E-state index in [0.717, 1.165) is 119 Å². The minimum atomic E-state index is -5.50. The molecule has 8 aromatic carbocycles. The Bertz CT molecular complexity index is 4110. The first-order chi connectivity index (χ1) is 56.9. The number of epoxide rings is 3. The van der Waals surface area contributed by atoms with Crippen molar-refractivity contribution in [2.45, 2.75) is 227 Å². The first-order valence-corrected chi connectivity index (χ1v) is 69.9. The summed E-state index contributed by atoms with van der Waals surface area (Å²) in [6.45, 7) is 18.6. The van der Waals surface area contributed by atoms with E-state index in [1.807, 2.05) is 133 Å². The van der Waals surface area contributed by atoms with Gasteiger partial charge >= 0.3 is 61.6 Å². The SMILES string of the molecule is C[Si](C)(CCC1CCC2OC2C1)O[Si]1(c2ccccc2)O[Si]2(c3ccccc3)O[Si](O[Si](C)(C)CCC3CCC4OC4C3)(c3ccccc3)O[Si](c3ccccc3)(O1)OS1(c3ccccc3)O[Si](O[Si](C)(C)CCC3CCC4CC4C3)(c3ccccc3)O[Si](c3ccccc3)(O2)O[Si](O[Si](C)(C)CCC2CCC3OC3C2)(c2ccccc2)O1. The van der Waals surface area contributed by atoms with Crippen LogP contribution in [0.3, 0.4) is 0 Å². The highest BCUT2D eigenvalue weighted by molar-refractivity contribution is 8.24. The maximum absolute atomic E-state index is 9.42. The van der Waals surface area contributed by atoms with E-state index < -0.39 is 106 Å². The zero-order valence-electron chi connectivity index (χ0n) is 69.7. The highest BCUT2D eigenvalue weighted by atomic mass is 32.3. The number of ether oxygens (including phenoxy) is 3. The second kappa shape index (κ2) is 33.3. The first-order valence-electron chi connectivity index (χ1n) is 44.0. The minimum absolute atomic E-state index is 0.300. The number of rotatable bonds is 28. The van der Waals surface area contributed by atoms with Crippen molar-refractivity contribution in [2.24, 2.45) is 35.5 Å². The van der Waals surface area contributed by atoms with E-state index >= 15 is 0 Å². The summed E-state index contributed by atoms with van der Waals surface area (Å²) < 4.78 is 146. The molecule has 0 N–H and O–H groups in total. The van der Waals surface area contributed by atoms with E-state index in [9.17, 15) is 40.4 Å². The lowest BCUT2D eigenvalue weighted by atomic mass is 9.87. The summed E-state index contributed by atoms with van der Waals surface area (Å²) in [4.78, 5) is 0.518. The van der Waals surface area contributed by atoms with Crippen LogP contribution in [-0.4, -0.2) is 132 Å². The molecule has 7 aliphatic heterocycles. The Morgan fingerprint density at radius 1 is 0.263 bits per heavy atom. The van der Waals surface area contributed by atoms with Gasteiger partial charge in [-0.3, -0.25) is 11.6 Å². The van der Waals surface area contributed by atoms with Crippen molar-refractivity contribution in [1.29, 1.82) is 0 Å². The molecular formula is C89H118O17SSi11. The average Bonchev–Trinajstić information content (AvgIpc) is 1.18. The van der Waals surface area contributed by atoms with Crippen molar-refractivity contribution < 1.29 is 71.1 Å². The summed E-state index contributed by atoms with van der Waals surface area (Å²) in [7, 11) is -53.9. The van der Waals surface area contributed by atoms with Gasteiger partial charge in [0.2, 0.25) is 0 Å². The molecule has 29 heteroatoms. The van der Waals surface area contributed by atoms with Gasteiger partial charge in [-0.25, -0.2) is 0 Å². The summed E-state index contributed by atoms with van der Waals surface area (Å²) in [5, 5.41) is 4.29. The maximum Gasteiger partial charge on any atom is 0.536 e. The Balaban J connectivity index is 0.931. The summed E-state index contributed by atoms with van der Waals surface area (Å²) in [5.74, 6) is 3.51. The number of hydrogen-bond donors (Lipinski definition) is 0. The third-order valence-electron chi connectivity index (χ3n) is 26.7. The Hall–Kier alpha value is -4.18. The fourth-order valence-corrected chi connectivity index (χ4v) is 78.5. The van der Waals surface area contributed by atoms with Gasteiger partial charge in [-0.15, -0.1) is 0 Å². The van der Waals surface area contributed by atoms with E-state index in [1.54, 1.807) is 0 Å². The highest BCUT2D eigenvalue weighted by Crippen LogP contribution is 2.67. The van der Waals surface area contributed by atoms with Crippen molar-refractivity contribution in [3.63, 3.8) is 0 Å². The van der Waals surface area contributed by atoms with E-state index in [-0.39, 0.29) is 0 Å². The van der Waals surface area contributed by atoms with Crippen molar-refractivity contribution in [3.05, 3.63) is 243 Å². The molecule has 20 rings (SSSR count).